The number of carbonyl (C=O) groups excluding carboxylic acids is 2. The molecule has 0 bridgehead atoms. The summed E-state index contributed by atoms with van der Waals surface area (Å²) in [7, 11) is 0. The van der Waals surface area contributed by atoms with E-state index in [1.807, 2.05) is 12.1 Å². The van der Waals surface area contributed by atoms with Gasteiger partial charge in [0.2, 0.25) is 0 Å². The van der Waals surface area contributed by atoms with Crippen LogP contribution >= 0.6 is 0 Å². The molecule has 0 radical (unpaired) electrons. The number of rotatable bonds is 6. The maximum atomic E-state index is 13.0. The molecule has 2 amide bonds. The molecule has 0 spiro atoms. The summed E-state index contributed by atoms with van der Waals surface area (Å²) in [5.41, 5.74) is 3.19. The average molecular weight is 442 g/mol. The lowest BCUT2D eigenvalue weighted by Gasteiger charge is -2.09. The highest BCUT2D eigenvalue weighted by molar-refractivity contribution is 6.07. The van der Waals surface area contributed by atoms with Gasteiger partial charge in [-0.25, -0.2) is 4.98 Å². The van der Waals surface area contributed by atoms with Crippen molar-refractivity contribution in [2.24, 2.45) is 0 Å². The number of nitrogens with zero attached hydrogens (tertiary/aromatic N) is 2. The van der Waals surface area contributed by atoms with Gasteiger partial charge in [-0.2, -0.15) is 0 Å². The van der Waals surface area contributed by atoms with Crippen molar-refractivity contribution in [3.63, 3.8) is 0 Å². The van der Waals surface area contributed by atoms with Crippen molar-refractivity contribution in [3.05, 3.63) is 89.7 Å². The molecule has 0 aliphatic heterocycles. The first kappa shape index (κ1) is 20.3. The Morgan fingerprint density at radius 2 is 1.76 bits per heavy atom. The number of carbonyl (C=O) groups is 2. The molecule has 33 heavy (non-hydrogen) atoms. The maximum Gasteiger partial charge on any atom is 0.291 e. The van der Waals surface area contributed by atoms with Gasteiger partial charge in [-0.1, -0.05) is 17.3 Å². The van der Waals surface area contributed by atoms with E-state index < -0.39 is 0 Å². The molecule has 2 N–H and O–H groups in total. The average Bonchev–Trinajstić information content (AvgIpc) is 3.60. The smallest absolute Gasteiger partial charge is 0.291 e. The Morgan fingerprint density at radius 3 is 2.48 bits per heavy atom. The number of amides is 2. The van der Waals surface area contributed by atoms with Gasteiger partial charge in [-0.15, -0.1) is 0 Å². The summed E-state index contributed by atoms with van der Waals surface area (Å²) in [4.78, 5) is 29.5. The molecule has 0 saturated heterocycles. The molecule has 0 atom stereocenters. The number of fused-ring (bicyclic) bond motifs is 1. The van der Waals surface area contributed by atoms with Crippen molar-refractivity contribution in [3.8, 4) is 11.5 Å². The fraction of sp³-hybridized carbons (Fsp3) is 0.0833. The summed E-state index contributed by atoms with van der Waals surface area (Å²) in [6, 6.07) is 15.5. The standard InChI is InChI=1S/C24H18N4O5/c1-14-21-17(12-18(19-4-2-10-31-19)27-24(21)33-28-14)22(29)25-13-15-6-8-16(9-7-15)26-23(30)20-5-3-11-32-20/h2-12H,13H2,1H3,(H,25,29)(H,26,30). The molecule has 9 heteroatoms. The molecule has 0 unspecified atom stereocenters. The summed E-state index contributed by atoms with van der Waals surface area (Å²) in [5.74, 6) is 0.121. The van der Waals surface area contributed by atoms with Crippen LogP contribution in [0, 0.1) is 6.92 Å². The van der Waals surface area contributed by atoms with Gasteiger partial charge in [0.05, 0.1) is 29.2 Å². The zero-order chi connectivity index (χ0) is 22.8. The molecule has 5 aromatic rings. The Kier molecular flexibility index (Phi) is 5.19. The van der Waals surface area contributed by atoms with Crippen molar-refractivity contribution < 1.29 is 22.9 Å². The number of benzene rings is 1. The van der Waals surface area contributed by atoms with Crippen LogP contribution in [0.3, 0.4) is 0 Å². The molecule has 0 saturated carbocycles. The van der Waals surface area contributed by atoms with E-state index in [-0.39, 0.29) is 29.8 Å². The summed E-state index contributed by atoms with van der Waals surface area (Å²) in [6.45, 7) is 2.04. The zero-order valence-electron chi connectivity index (χ0n) is 17.5. The molecule has 0 fully saturated rings. The molecular weight excluding hydrogens is 424 g/mol. The second-order valence-corrected chi connectivity index (χ2v) is 7.29. The summed E-state index contributed by atoms with van der Waals surface area (Å²) >= 11 is 0. The van der Waals surface area contributed by atoms with Crippen LogP contribution in [0.25, 0.3) is 22.6 Å². The number of aryl methyl sites for hydroxylation is 1. The van der Waals surface area contributed by atoms with Gasteiger partial charge >= 0.3 is 0 Å². The predicted octanol–water partition coefficient (Wildman–Crippen LogP) is 4.57. The molecule has 9 nitrogen and oxygen atoms in total. The van der Waals surface area contributed by atoms with E-state index in [2.05, 4.69) is 20.8 Å². The minimum absolute atomic E-state index is 0.230. The third-order valence-electron chi connectivity index (χ3n) is 5.05. The molecule has 164 valence electrons. The highest BCUT2D eigenvalue weighted by Gasteiger charge is 2.20. The molecule has 0 aliphatic rings. The van der Waals surface area contributed by atoms with Crippen LogP contribution in [-0.2, 0) is 6.54 Å². The minimum Gasteiger partial charge on any atom is -0.463 e. The fourth-order valence-corrected chi connectivity index (χ4v) is 3.41. The van der Waals surface area contributed by atoms with Crippen molar-refractivity contribution in [2.45, 2.75) is 13.5 Å². The second-order valence-electron chi connectivity index (χ2n) is 7.29. The Balaban J connectivity index is 1.31. The van der Waals surface area contributed by atoms with Gasteiger partial charge in [0.15, 0.2) is 11.5 Å². The largest absolute Gasteiger partial charge is 0.463 e. The van der Waals surface area contributed by atoms with Crippen molar-refractivity contribution >= 4 is 28.6 Å². The Morgan fingerprint density at radius 1 is 0.970 bits per heavy atom. The summed E-state index contributed by atoms with van der Waals surface area (Å²) in [6.07, 6.45) is 2.98. The SMILES string of the molecule is Cc1noc2nc(-c3ccco3)cc(C(=O)NCc3ccc(NC(=O)c4ccco4)cc3)c12. The fourth-order valence-electron chi connectivity index (χ4n) is 3.41. The topological polar surface area (TPSA) is 123 Å². The maximum absolute atomic E-state index is 13.0. The lowest BCUT2D eigenvalue weighted by Crippen LogP contribution is -2.23. The van der Waals surface area contributed by atoms with E-state index >= 15 is 0 Å². The Bertz CT molecular complexity index is 1420. The first-order valence-corrected chi connectivity index (χ1v) is 10.1. The van der Waals surface area contributed by atoms with Gasteiger partial charge in [-0.3, -0.25) is 9.59 Å². The van der Waals surface area contributed by atoms with Crippen LogP contribution in [0.2, 0.25) is 0 Å². The lowest BCUT2D eigenvalue weighted by molar-refractivity contribution is 0.0951. The normalized spacial score (nSPS) is 10.9. The number of anilines is 1. The van der Waals surface area contributed by atoms with Crippen molar-refractivity contribution in [1.82, 2.24) is 15.5 Å². The highest BCUT2D eigenvalue weighted by Crippen LogP contribution is 2.27. The van der Waals surface area contributed by atoms with Crippen LogP contribution < -0.4 is 10.6 Å². The van der Waals surface area contributed by atoms with Gasteiger partial charge in [-0.05, 0) is 55.0 Å². The van der Waals surface area contributed by atoms with E-state index in [4.69, 9.17) is 13.4 Å². The predicted molar refractivity (Wildman–Crippen MR) is 119 cm³/mol. The molecule has 4 heterocycles. The first-order valence-electron chi connectivity index (χ1n) is 10.1. The van der Waals surface area contributed by atoms with Gasteiger partial charge in [0.1, 0.15) is 5.69 Å². The molecule has 5 rings (SSSR count). The number of pyridine rings is 1. The number of aromatic nitrogens is 2. The number of nitrogens with one attached hydrogen (secondary N) is 2. The number of furan rings is 2. The van der Waals surface area contributed by atoms with Crippen LogP contribution in [-0.4, -0.2) is 22.0 Å². The Hall–Kier alpha value is -4.66. The van der Waals surface area contributed by atoms with Crippen molar-refractivity contribution in [1.29, 1.82) is 0 Å². The van der Waals surface area contributed by atoms with Crippen LogP contribution in [0.4, 0.5) is 5.69 Å². The van der Waals surface area contributed by atoms with E-state index in [1.54, 1.807) is 49.4 Å². The summed E-state index contributed by atoms with van der Waals surface area (Å²) < 4.78 is 15.8. The van der Waals surface area contributed by atoms with Gasteiger partial charge in [0.25, 0.3) is 17.5 Å². The first-order chi connectivity index (χ1) is 16.1. The second kappa shape index (κ2) is 8.46. The molecule has 0 aliphatic carbocycles. The van der Waals surface area contributed by atoms with E-state index in [9.17, 15) is 9.59 Å². The minimum atomic E-state index is -0.334. The van der Waals surface area contributed by atoms with Gasteiger partial charge < -0.3 is 24.0 Å². The zero-order valence-corrected chi connectivity index (χ0v) is 17.5. The quantitative estimate of drug-likeness (QED) is 0.395. The number of hydrogen-bond acceptors (Lipinski definition) is 7. The third-order valence-corrected chi connectivity index (χ3v) is 5.05. The van der Waals surface area contributed by atoms with E-state index in [0.29, 0.717) is 33.8 Å². The van der Waals surface area contributed by atoms with E-state index in [1.165, 1.54) is 12.5 Å². The van der Waals surface area contributed by atoms with Crippen LogP contribution in [0.1, 0.15) is 32.2 Å². The molecule has 1 aromatic carbocycles. The Labute approximate surface area is 187 Å². The van der Waals surface area contributed by atoms with E-state index in [0.717, 1.165) is 5.56 Å². The van der Waals surface area contributed by atoms with Crippen LogP contribution in [0.5, 0.6) is 0 Å². The highest BCUT2D eigenvalue weighted by atomic mass is 16.5. The lowest BCUT2D eigenvalue weighted by atomic mass is 10.1. The van der Waals surface area contributed by atoms with Crippen molar-refractivity contribution in [2.75, 3.05) is 5.32 Å². The summed E-state index contributed by atoms with van der Waals surface area (Å²) in [5, 5.41) is 10.2. The molecular formula is C24H18N4O5. The van der Waals surface area contributed by atoms with Gasteiger partial charge in [0, 0.05) is 12.2 Å². The molecule has 4 aromatic heterocycles. The van der Waals surface area contributed by atoms with Crippen LogP contribution in [0.15, 0.2) is 80.5 Å². The third kappa shape index (κ3) is 4.11. The monoisotopic (exact) mass is 442 g/mol. The number of hydrogen-bond donors (Lipinski definition) is 2.